The fourth-order valence-electron chi connectivity index (χ4n) is 3.31. The van der Waals surface area contributed by atoms with Crippen LogP contribution >= 0.6 is 0 Å². The molecule has 0 fully saturated rings. The molecule has 0 bridgehead atoms. The molecule has 10 heteroatoms. The van der Waals surface area contributed by atoms with E-state index in [1.807, 2.05) is 20.8 Å². The van der Waals surface area contributed by atoms with Crippen LogP contribution in [0.15, 0.2) is 48.8 Å². The van der Waals surface area contributed by atoms with E-state index in [-0.39, 0.29) is 30.6 Å². The van der Waals surface area contributed by atoms with Crippen molar-refractivity contribution in [3.05, 3.63) is 60.2 Å². The van der Waals surface area contributed by atoms with E-state index in [1.165, 1.54) is 12.1 Å². The maximum atomic E-state index is 13.3. The number of fused-ring (bicyclic) bond motifs is 1. The fourth-order valence-corrected chi connectivity index (χ4v) is 3.31. The minimum absolute atomic E-state index is 0.0966. The molecular formula is C23H26FN7O2. The quantitative estimate of drug-likeness (QED) is 0.369. The summed E-state index contributed by atoms with van der Waals surface area (Å²) < 4.78 is 26.2. The van der Waals surface area contributed by atoms with Crippen molar-refractivity contribution in [3.8, 4) is 17.3 Å². The molecule has 0 unspecified atom stereocenters. The van der Waals surface area contributed by atoms with Crippen LogP contribution in [0.3, 0.4) is 0 Å². The summed E-state index contributed by atoms with van der Waals surface area (Å²) in [5, 5.41) is 7.64. The molecular weight excluding hydrogens is 425 g/mol. The summed E-state index contributed by atoms with van der Waals surface area (Å²) in [4.78, 5) is 13.4. The zero-order valence-electron chi connectivity index (χ0n) is 18.7. The number of nitrogens with one attached hydrogen (secondary N) is 1. The van der Waals surface area contributed by atoms with E-state index >= 15 is 0 Å². The Hall–Kier alpha value is -3.79. The van der Waals surface area contributed by atoms with Gasteiger partial charge in [-0.25, -0.2) is 13.9 Å². The summed E-state index contributed by atoms with van der Waals surface area (Å²) in [7, 11) is 0. The molecule has 9 nitrogen and oxygen atoms in total. The van der Waals surface area contributed by atoms with Gasteiger partial charge in [0.2, 0.25) is 0 Å². The van der Waals surface area contributed by atoms with Gasteiger partial charge in [0.05, 0.1) is 24.0 Å². The lowest BCUT2D eigenvalue weighted by Crippen LogP contribution is -2.14. The molecule has 0 aliphatic carbocycles. The van der Waals surface area contributed by atoms with Gasteiger partial charge in [0.15, 0.2) is 11.5 Å². The van der Waals surface area contributed by atoms with Gasteiger partial charge in [0.1, 0.15) is 18.2 Å². The summed E-state index contributed by atoms with van der Waals surface area (Å²) in [6, 6.07) is 9.85. The van der Waals surface area contributed by atoms with Gasteiger partial charge in [-0.3, -0.25) is 0 Å². The van der Waals surface area contributed by atoms with Gasteiger partial charge in [-0.15, -0.1) is 5.10 Å². The molecule has 3 aromatic heterocycles. The topological polar surface area (TPSA) is 112 Å². The molecule has 1 atom stereocenters. The highest BCUT2D eigenvalue weighted by Crippen LogP contribution is 2.31. The maximum absolute atomic E-state index is 13.3. The monoisotopic (exact) mass is 451 g/mol. The van der Waals surface area contributed by atoms with E-state index in [9.17, 15) is 4.39 Å². The average Bonchev–Trinajstić information content (AvgIpc) is 3.12. The van der Waals surface area contributed by atoms with Crippen molar-refractivity contribution in [2.24, 2.45) is 0 Å². The third-order valence-corrected chi connectivity index (χ3v) is 4.88. The van der Waals surface area contributed by atoms with Crippen LogP contribution in [0.2, 0.25) is 0 Å². The van der Waals surface area contributed by atoms with Gasteiger partial charge in [-0.05, 0) is 44.5 Å². The predicted molar refractivity (Wildman–Crippen MR) is 123 cm³/mol. The number of hydrogen-bond acceptors (Lipinski definition) is 8. The normalized spacial score (nSPS) is 12.3. The summed E-state index contributed by atoms with van der Waals surface area (Å²) in [5.74, 6) is 0.524. The van der Waals surface area contributed by atoms with Crippen LogP contribution in [0.1, 0.15) is 32.4 Å². The predicted octanol–water partition coefficient (Wildman–Crippen LogP) is 3.88. The SMILES string of the molecule is CC(C)OCCOc1nc(N[C@@H](C)c2ccc(F)cc2)cc(-c2c(N)nn3cccnc23)n1. The number of nitrogens with two attached hydrogens (primary N) is 1. The molecule has 0 aliphatic rings. The number of nitrogen functional groups attached to an aromatic ring is 1. The highest BCUT2D eigenvalue weighted by Gasteiger charge is 2.18. The molecule has 0 saturated heterocycles. The first-order chi connectivity index (χ1) is 15.9. The largest absolute Gasteiger partial charge is 0.461 e. The molecule has 0 saturated carbocycles. The van der Waals surface area contributed by atoms with Crippen LogP contribution in [0, 0.1) is 5.82 Å². The zero-order chi connectivity index (χ0) is 23.4. The number of hydrogen-bond donors (Lipinski definition) is 2. The molecule has 1 aromatic carbocycles. The Bertz CT molecular complexity index is 1230. The van der Waals surface area contributed by atoms with Gasteiger partial charge >= 0.3 is 6.01 Å². The highest BCUT2D eigenvalue weighted by molar-refractivity contribution is 5.85. The molecule has 0 aliphatic heterocycles. The Morgan fingerprint density at radius 1 is 1.12 bits per heavy atom. The second-order valence-corrected chi connectivity index (χ2v) is 7.75. The van der Waals surface area contributed by atoms with E-state index in [0.29, 0.717) is 35.1 Å². The lowest BCUT2D eigenvalue weighted by molar-refractivity contribution is 0.0532. The van der Waals surface area contributed by atoms with Crippen molar-refractivity contribution in [1.29, 1.82) is 0 Å². The van der Waals surface area contributed by atoms with Crippen molar-refractivity contribution < 1.29 is 13.9 Å². The van der Waals surface area contributed by atoms with E-state index in [0.717, 1.165) is 5.56 Å². The number of nitrogens with zero attached hydrogens (tertiary/aromatic N) is 5. The molecule has 0 radical (unpaired) electrons. The summed E-state index contributed by atoms with van der Waals surface area (Å²) in [5.41, 5.74) is 8.77. The third kappa shape index (κ3) is 5.35. The number of ether oxygens (including phenoxy) is 2. The first-order valence-electron chi connectivity index (χ1n) is 10.7. The Balaban J connectivity index is 1.67. The average molecular weight is 452 g/mol. The maximum Gasteiger partial charge on any atom is 0.319 e. The van der Waals surface area contributed by atoms with E-state index < -0.39 is 0 Å². The highest BCUT2D eigenvalue weighted by atomic mass is 19.1. The van der Waals surface area contributed by atoms with Gasteiger partial charge in [-0.1, -0.05) is 12.1 Å². The fraction of sp³-hybridized carbons (Fsp3) is 0.304. The molecule has 172 valence electrons. The smallest absolute Gasteiger partial charge is 0.319 e. The van der Waals surface area contributed by atoms with Gasteiger partial charge in [0.25, 0.3) is 0 Å². The first-order valence-corrected chi connectivity index (χ1v) is 10.7. The molecule has 33 heavy (non-hydrogen) atoms. The molecule has 0 spiro atoms. The minimum Gasteiger partial charge on any atom is -0.461 e. The van der Waals surface area contributed by atoms with Crippen molar-refractivity contribution >= 4 is 17.3 Å². The number of anilines is 2. The van der Waals surface area contributed by atoms with Crippen molar-refractivity contribution in [3.63, 3.8) is 0 Å². The van der Waals surface area contributed by atoms with Crippen LogP contribution in [0.5, 0.6) is 6.01 Å². The second kappa shape index (κ2) is 9.78. The lowest BCUT2D eigenvalue weighted by Gasteiger charge is -2.16. The van der Waals surface area contributed by atoms with E-state index in [2.05, 4.69) is 25.4 Å². The number of aromatic nitrogens is 5. The third-order valence-electron chi connectivity index (χ3n) is 4.88. The van der Waals surface area contributed by atoms with Crippen molar-refractivity contribution in [2.75, 3.05) is 24.3 Å². The van der Waals surface area contributed by atoms with E-state index in [4.69, 9.17) is 15.2 Å². The number of benzene rings is 1. The van der Waals surface area contributed by atoms with Gasteiger partial charge in [-0.2, -0.15) is 9.97 Å². The summed E-state index contributed by atoms with van der Waals surface area (Å²) in [6.45, 7) is 6.56. The van der Waals surface area contributed by atoms with Crippen LogP contribution in [0.4, 0.5) is 16.0 Å². The summed E-state index contributed by atoms with van der Waals surface area (Å²) in [6.07, 6.45) is 3.52. The number of halogens is 1. The second-order valence-electron chi connectivity index (χ2n) is 7.75. The Morgan fingerprint density at radius 2 is 1.91 bits per heavy atom. The Morgan fingerprint density at radius 3 is 2.67 bits per heavy atom. The molecule has 3 heterocycles. The summed E-state index contributed by atoms with van der Waals surface area (Å²) >= 11 is 0. The van der Waals surface area contributed by atoms with Gasteiger partial charge < -0.3 is 20.5 Å². The lowest BCUT2D eigenvalue weighted by atomic mass is 10.1. The van der Waals surface area contributed by atoms with Gasteiger partial charge in [0, 0.05) is 24.5 Å². The van der Waals surface area contributed by atoms with Crippen molar-refractivity contribution in [1.82, 2.24) is 24.6 Å². The van der Waals surface area contributed by atoms with E-state index in [1.54, 1.807) is 41.2 Å². The Labute approximate surface area is 190 Å². The van der Waals surface area contributed by atoms with Crippen LogP contribution in [0.25, 0.3) is 16.9 Å². The Kier molecular flexibility index (Phi) is 6.64. The molecule has 4 aromatic rings. The molecule has 0 amide bonds. The molecule has 4 rings (SSSR count). The van der Waals surface area contributed by atoms with Crippen LogP contribution in [-0.2, 0) is 4.74 Å². The van der Waals surface area contributed by atoms with Crippen LogP contribution in [-0.4, -0.2) is 43.9 Å². The molecule has 3 N–H and O–H groups in total. The standard InChI is InChI=1S/C23H26FN7O2/c1-14(2)32-11-12-33-23-28-18(20-21(25)30-31-10-4-9-26-22(20)31)13-19(29-23)27-15(3)16-5-7-17(24)8-6-16/h4-10,13-15H,11-12H2,1-3H3,(H2,25,30)(H,27,28,29)/t15-/m0/s1. The zero-order valence-corrected chi connectivity index (χ0v) is 18.7. The first kappa shape index (κ1) is 22.4. The number of rotatable bonds is 9. The van der Waals surface area contributed by atoms with Crippen molar-refractivity contribution in [2.45, 2.75) is 32.9 Å². The van der Waals surface area contributed by atoms with Crippen LogP contribution < -0.4 is 15.8 Å². The minimum atomic E-state index is -0.286.